The number of aromatic hydroxyl groups is 2. The number of benzene rings is 2. The molecule has 0 saturated carbocycles. The molecule has 0 fully saturated rings. The van der Waals surface area contributed by atoms with Crippen LogP contribution in [0.15, 0.2) is 18.2 Å². The standard InChI is InChI=1S/C22H25NO12/c1-10-6-12(24)16(22(28)34-9-11(2)20(26)32-4)14(7-10)35-19-15(31-3)8-13(25)18(23(29)30)17(19)21(27)33-5/h6-8,11,24-25,29-30H,9H2,1-5H3. The lowest BCUT2D eigenvalue weighted by Crippen LogP contribution is -2.21. The third kappa shape index (κ3) is 5.83. The van der Waals surface area contributed by atoms with Gasteiger partial charge in [0.2, 0.25) is 0 Å². The van der Waals surface area contributed by atoms with Crippen molar-refractivity contribution < 1.29 is 58.7 Å². The zero-order valence-electron chi connectivity index (χ0n) is 19.5. The number of anilines is 1. The number of aryl methyl sites for hydroxylation is 1. The van der Waals surface area contributed by atoms with E-state index in [1.54, 1.807) is 6.92 Å². The number of esters is 3. The summed E-state index contributed by atoms with van der Waals surface area (Å²) in [6.07, 6.45) is 0. The van der Waals surface area contributed by atoms with Gasteiger partial charge in [-0.15, -0.1) is 5.23 Å². The summed E-state index contributed by atoms with van der Waals surface area (Å²) in [7, 11) is 3.35. The van der Waals surface area contributed by atoms with Crippen LogP contribution in [0.5, 0.6) is 28.7 Å². The van der Waals surface area contributed by atoms with Crippen molar-refractivity contribution in [3.63, 3.8) is 0 Å². The maximum absolute atomic E-state index is 12.8. The quantitative estimate of drug-likeness (QED) is 0.226. The van der Waals surface area contributed by atoms with Crippen LogP contribution in [-0.4, -0.2) is 66.5 Å². The van der Waals surface area contributed by atoms with Crippen LogP contribution in [0.3, 0.4) is 0 Å². The van der Waals surface area contributed by atoms with Crippen molar-refractivity contribution in [1.29, 1.82) is 0 Å². The highest BCUT2D eigenvalue weighted by Gasteiger charge is 2.31. The molecule has 13 nitrogen and oxygen atoms in total. The molecule has 2 aromatic rings. The summed E-state index contributed by atoms with van der Waals surface area (Å²) in [4.78, 5) is 36.9. The highest BCUT2D eigenvalue weighted by molar-refractivity contribution is 6.02. The Morgan fingerprint density at radius 2 is 1.57 bits per heavy atom. The van der Waals surface area contributed by atoms with Crippen LogP contribution >= 0.6 is 0 Å². The third-order valence-corrected chi connectivity index (χ3v) is 4.72. The highest BCUT2D eigenvalue weighted by Crippen LogP contribution is 2.47. The number of hydrogen-bond donors (Lipinski definition) is 4. The molecule has 0 aliphatic heterocycles. The average Bonchev–Trinajstić information content (AvgIpc) is 2.80. The predicted molar refractivity (Wildman–Crippen MR) is 116 cm³/mol. The van der Waals surface area contributed by atoms with E-state index in [-0.39, 0.29) is 18.1 Å². The second-order valence-corrected chi connectivity index (χ2v) is 7.21. The van der Waals surface area contributed by atoms with E-state index in [1.165, 1.54) is 33.3 Å². The molecule has 4 N–H and O–H groups in total. The minimum atomic E-state index is -1.16. The Hall–Kier alpha value is -4.23. The summed E-state index contributed by atoms with van der Waals surface area (Å²) in [5.41, 5.74) is -1.51. The van der Waals surface area contributed by atoms with Crippen LogP contribution in [0.25, 0.3) is 0 Å². The molecule has 13 heteroatoms. The summed E-state index contributed by atoms with van der Waals surface area (Å²) < 4.78 is 25.3. The van der Waals surface area contributed by atoms with E-state index in [9.17, 15) is 35.0 Å². The number of phenolic OH excluding ortho intramolecular Hbond substituents is 2. The summed E-state index contributed by atoms with van der Waals surface area (Å²) in [6, 6.07) is 3.49. The molecule has 190 valence electrons. The molecular weight excluding hydrogens is 470 g/mol. The van der Waals surface area contributed by atoms with Gasteiger partial charge in [-0.3, -0.25) is 15.2 Å². The molecule has 0 aliphatic rings. The van der Waals surface area contributed by atoms with Crippen molar-refractivity contribution in [3.8, 4) is 28.7 Å². The second-order valence-electron chi connectivity index (χ2n) is 7.21. The molecule has 0 spiro atoms. The highest BCUT2D eigenvalue weighted by atomic mass is 16.8. The Labute approximate surface area is 199 Å². The molecule has 35 heavy (non-hydrogen) atoms. The first-order valence-corrected chi connectivity index (χ1v) is 9.93. The number of nitrogens with zero attached hydrogens (tertiary/aromatic N) is 1. The molecule has 2 rings (SSSR count). The smallest absolute Gasteiger partial charge is 0.345 e. The molecule has 2 aromatic carbocycles. The summed E-state index contributed by atoms with van der Waals surface area (Å²) >= 11 is 0. The summed E-state index contributed by atoms with van der Waals surface area (Å²) in [6.45, 7) is 2.67. The minimum absolute atomic E-state index is 0.256. The number of phenols is 2. The van der Waals surface area contributed by atoms with Crippen molar-refractivity contribution >= 4 is 23.6 Å². The second kappa shape index (κ2) is 11.3. The first-order valence-electron chi connectivity index (χ1n) is 9.93. The first-order chi connectivity index (χ1) is 16.5. The number of hydrogen-bond acceptors (Lipinski definition) is 13. The lowest BCUT2D eigenvalue weighted by Gasteiger charge is -2.21. The van der Waals surface area contributed by atoms with Gasteiger partial charge >= 0.3 is 17.9 Å². The molecule has 0 aromatic heterocycles. The van der Waals surface area contributed by atoms with Gasteiger partial charge in [0, 0.05) is 6.07 Å². The topological polar surface area (TPSA) is 182 Å². The maximum atomic E-state index is 12.8. The van der Waals surface area contributed by atoms with Crippen molar-refractivity contribution in [3.05, 3.63) is 34.9 Å². The Kier molecular flexibility index (Phi) is 8.70. The van der Waals surface area contributed by atoms with Gasteiger partial charge < -0.3 is 33.9 Å². The van der Waals surface area contributed by atoms with E-state index in [4.69, 9.17) is 14.2 Å². The lowest BCUT2D eigenvalue weighted by molar-refractivity contribution is -0.146. The van der Waals surface area contributed by atoms with Gasteiger partial charge in [0.1, 0.15) is 35.0 Å². The first kappa shape index (κ1) is 27.0. The average molecular weight is 495 g/mol. The van der Waals surface area contributed by atoms with Crippen LogP contribution in [0, 0.1) is 12.8 Å². The van der Waals surface area contributed by atoms with Gasteiger partial charge in [-0.05, 0) is 31.5 Å². The zero-order chi connectivity index (χ0) is 26.4. The van der Waals surface area contributed by atoms with Gasteiger partial charge in [0.25, 0.3) is 0 Å². The normalized spacial score (nSPS) is 11.3. The Bertz CT molecular complexity index is 1130. The van der Waals surface area contributed by atoms with Crippen molar-refractivity contribution in [1.82, 2.24) is 0 Å². The van der Waals surface area contributed by atoms with Crippen molar-refractivity contribution in [2.75, 3.05) is 33.2 Å². The monoisotopic (exact) mass is 495 g/mol. The molecule has 0 saturated heterocycles. The molecule has 1 atom stereocenters. The third-order valence-electron chi connectivity index (χ3n) is 4.72. The van der Waals surface area contributed by atoms with Crippen molar-refractivity contribution in [2.24, 2.45) is 5.92 Å². The number of ether oxygens (including phenoxy) is 5. The Morgan fingerprint density at radius 1 is 0.914 bits per heavy atom. The Balaban J connectivity index is 2.65. The predicted octanol–water partition coefficient (Wildman–Crippen LogP) is 2.54. The fourth-order valence-electron chi connectivity index (χ4n) is 3.04. The molecule has 1 unspecified atom stereocenters. The van der Waals surface area contributed by atoms with E-state index in [2.05, 4.69) is 9.47 Å². The van der Waals surface area contributed by atoms with E-state index >= 15 is 0 Å². The largest absolute Gasteiger partial charge is 0.507 e. The van der Waals surface area contributed by atoms with E-state index in [1.807, 2.05) is 0 Å². The molecule has 0 heterocycles. The molecule has 0 amide bonds. The number of methoxy groups -OCH3 is 3. The van der Waals surface area contributed by atoms with Crippen LogP contribution < -0.4 is 14.7 Å². The molecule has 0 bridgehead atoms. The fourth-order valence-corrected chi connectivity index (χ4v) is 3.04. The van der Waals surface area contributed by atoms with Gasteiger partial charge in [0.15, 0.2) is 17.2 Å². The number of carbonyl (C=O) groups excluding carboxylic acids is 3. The van der Waals surface area contributed by atoms with Crippen LogP contribution in [0.4, 0.5) is 5.69 Å². The van der Waals surface area contributed by atoms with Gasteiger partial charge in [-0.25, -0.2) is 9.59 Å². The SMILES string of the molecule is COC(=O)c1c(Oc2cc(C)cc(O)c2C(=O)OCC(C)C(=O)OC)c(OC)cc(O)c1N(O)O. The van der Waals surface area contributed by atoms with Gasteiger partial charge in [-0.2, -0.15) is 0 Å². The van der Waals surface area contributed by atoms with E-state index in [0.29, 0.717) is 5.56 Å². The number of carbonyl (C=O) groups is 3. The van der Waals surface area contributed by atoms with Crippen LogP contribution in [0.2, 0.25) is 0 Å². The Morgan fingerprint density at radius 3 is 2.11 bits per heavy atom. The van der Waals surface area contributed by atoms with E-state index < -0.39 is 63.1 Å². The maximum Gasteiger partial charge on any atom is 0.345 e. The summed E-state index contributed by atoms with van der Waals surface area (Å²) in [5.74, 6) is -6.03. The molecular formula is C22H25NO12. The minimum Gasteiger partial charge on any atom is -0.507 e. The number of rotatable bonds is 9. The fraction of sp³-hybridized carbons (Fsp3) is 0.318. The summed E-state index contributed by atoms with van der Waals surface area (Å²) in [5, 5.41) is 39.3. The lowest BCUT2D eigenvalue weighted by atomic mass is 10.1. The van der Waals surface area contributed by atoms with Gasteiger partial charge in [-0.1, -0.05) is 0 Å². The van der Waals surface area contributed by atoms with Crippen molar-refractivity contribution in [2.45, 2.75) is 13.8 Å². The van der Waals surface area contributed by atoms with Crippen LogP contribution in [-0.2, 0) is 19.0 Å². The van der Waals surface area contributed by atoms with E-state index in [0.717, 1.165) is 13.2 Å². The molecule has 0 aliphatic carbocycles. The van der Waals surface area contributed by atoms with Crippen LogP contribution in [0.1, 0.15) is 33.2 Å². The zero-order valence-corrected chi connectivity index (χ0v) is 19.5. The molecule has 0 radical (unpaired) electrons. The van der Waals surface area contributed by atoms with Gasteiger partial charge in [0.05, 0.1) is 27.2 Å².